The molecule has 10 heavy (non-hydrogen) atoms. The molecule has 0 aliphatic rings. The lowest BCUT2D eigenvalue weighted by Crippen LogP contribution is -2.17. The molecule has 0 aliphatic heterocycles. The molecule has 0 aliphatic carbocycles. The molecule has 2 N–H and O–H groups in total. The van der Waals surface area contributed by atoms with Gasteiger partial charge in [-0.3, -0.25) is 0 Å². The highest BCUT2D eigenvalue weighted by Crippen LogP contribution is 1.94. The molecule has 1 aromatic carbocycles. The van der Waals surface area contributed by atoms with Crippen molar-refractivity contribution in [2.75, 3.05) is 0 Å². The summed E-state index contributed by atoms with van der Waals surface area (Å²) in [6.07, 6.45) is 0. The first-order valence-electron chi connectivity index (χ1n) is 3.35. The van der Waals surface area contributed by atoms with Gasteiger partial charge in [-0.2, -0.15) is 9.12 Å². The molecule has 52 valence electrons. The number of benzene rings is 1. The molecule has 0 amide bonds. The highest BCUT2D eigenvalue weighted by atomic mass is 31.0. The molecule has 0 aromatic heterocycles. The van der Waals surface area contributed by atoms with Crippen LogP contribution >= 0.6 is 9.12 Å². The van der Waals surface area contributed by atoms with Gasteiger partial charge in [-0.05, 0) is 5.56 Å². The van der Waals surface area contributed by atoms with E-state index in [0.29, 0.717) is 6.54 Å². The fourth-order valence-electron chi connectivity index (χ4n) is 0.956. The Hall–Kier alpha value is -0.325. The average Bonchev–Trinajstić information content (AvgIpc) is 2.04. The summed E-state index contributed by atoms with van der Waals surface area (Å²) in [4.78, 5) is 0. The topological polar surface area (TPSA) is 26.0 Å². The lowest BCUT2D eigenvalue weighted by molar-refractivity contribution is 1.08. The zero-order chi connectivity index (χ0) is 7.40. The normalized spacial score (nSPS) is 9.40. The monoisotopic (exact) mass is 151 g/mol. The summed E-state index contributed by atoms with van der Waals surface area (Å²) in [7, 11) is 2.70. The molecule has 0 radical (unpaired) electrons. The summed E-state index contributed by atoms with van der Waals surface area (Å²) in [5.41, 5.74) is 8.09. The van der Waals surface area contributed by atoms with E-state index >= 15 is 0 Å². The number of rotatable bonds is 2. The van der Waals surface area contributed by atoms with Crippen LogP contribution in [0, 0.1) is 0 Å². The van der Waals surface area contributed by atoms with Crippen LogP contribution < -0.4 is 11.2 Å². The first-order valence-corrected chi connectivity index (χ1v) is 4.17. The highest BCUT2D eigenvalue weighted by Gasteiger charge is 1.95. The van der Waals surface area contributed by atoms with Crippen molar-refractivity contribution in [3.8, 4) is 0 Å². The van der Waals surface area contributed by atoms with E-state index in [2.05, 4.69) is 21.3 Å². The Morgan fingerprint density at radius 3 is 2.60 bits per heavy atom. The molecule has 1 nitrogen and oxygen atoms in total. The maximum atomic E-state index is 5.52. The molecule has 0 fully saturated rings. The summed E-state index contributed by atoms with van der Waals surface area (Å²) in [6, 6.07) is 8.24. The summed E-state index contributed by atoms with van der Waals surface area (Å²) < 4.78 is 0. The first-order chi connectivity index (χ1) is 4.88. The van der Waals surface area contributed by atoms with E-state index in [-0.39, 0.29) is 0 Å². The SMILES string of the molecule is NCc1ccccc1BP. The third kappa shape index (κ3) is 1.59. The molecule has 1 atom stereocenters. The van der Waals surface area contributed by atoms with Crippen molar-refractivity contribution in [1.29, 1.82) is 0 Å². The molecular formula is C7H11BNP. The van der Waals surface area contributed by atoms with Gasteiger partial charge in [-0.1, -0.05) is 29.7 Å². The van der Waals surface area contributed by atoms with Gasteiger partial charge in [0.2, 0.25) is 0 Å². The smallest absolute Gasteiger partial charge is 0.180 e. The van der Waals surface area contributed by atoms with Crippen LogP contribution in [0.5, 0.6) is 0 Å². The molecule has 0 bridgehead atoms. The number of nitrogens with two attached hydrogens (primary N) is 1. The van der Waals surface area contributed by atoms with E-state index in [9.17, 15) is 0 Å². The Bertz CT molecular complexity index is 192. The Labute approximate surface area is 64.4 Å². The average molecular weight is 151 g/mol. The van der Waals surface area contributed by atoms with Crippen LogP contribution in [0.25, 0.3) is 0 Å². The van der Waals surface area contributed by atoms with E-state index in [4.69, 9.17) is 5.73 Å². The highest BCUT2D eigenvalue weighted by molar-refractivity contribution is 7.58. The molecular weight excluding hydrogens is 140 g/mol. The predicted octanol–water partition coefficient (Wildman–Crippen LogP) is -0.00280. The second kappa shape index (κ2) is 3.75. The van der Waals surface area contributed by atoms with Gasteiger partial charge in [-0.15, -0.1) is 0 Å². The van der Waals surface area contributed by atoms with Crippen LogP contribution in [-0.2, 0) is 6.54 Å². The summed E-state index contributed by atoms with van der Waals surface area (Å²) in [5.74, 6) is 0. The number of hydrogen-bond acceptors (Lipinski definition) is 1. The van der Waals surface area contributed by atoms with Crippen molar-refractivity contribution in [3.05, 3.63) is 29.8 Å². The fraction of sp³-hybridized carbons (Fsp3) is 0.143. The first kappa shape index (κ1) is 7.78. The van der Waals surface area contributed by atoms with Crippen molar-refractivity contribution >= 4 is 21.6 Å². The van der Waals surface area contributed by atoms with Gasteiger partial charge < -0.3 is 5.73 Å². The molecule has 1 unspecified atom stereocenters. The molecule has 1 aromatic rings. The van der Waals surface area contributed by atoms with Gasteiger partial charge in [0.05, 0.1) is 0 Å². The van der Waals surface area contributed by atoms with Gasteiger partial charge in [0.25, 0.3) is 0 Å². The third-order valence-corrected chi connectivity index (χ3v) is 2.00. The minimum absolute atomic E-state index is 0.643. The quantitative estimate of drug-likeness (QED) is 0.467. The van der Waals surface area contributed by atoms with Crippen LogP contribution in [0.4, 0.5) is 0 Å². The lowest BCUT2D eigenvalue weighted by atomic mass is 9.89. The molecule has 3 heteroatoms. The summed E-state index contributed by atoms with van der Waals surface area (Å²) in [5, 5.41) is 0. The fourth-order valence-corrected chi connectivity index (χ4v) is 1.35. The maximum Gasteiger partial charge on any atom is 0.180 e. The Balaban J connectivity index is 2.96. The molecule has 0 saturated carbocycles. The van der Waals surface area contributed by atoms with Crippen molar-refractivity contribution in [1.82, 2.24) is 0 Å². The van der Waals surface area contributed by atoms with Gasteiger partial charge in [0.1, 0.15) is 0 Å². The zero-order valence-electron chi connectivity index (χ0n) is 5.88. The lowest BCUT2D eigenvalue weighted by Gasteiger charge is -2.01. The van der Waals surface area contributed by atoms with Crippen molar-refractivity contribution in [3.63, 3.8) is 0 Å². The van der Waals surface area contributed by atoms with E-state index in [1.807, 2.05) is 12.1 Å². The minimum Gasteiger partial charge on any atom is -0.327 e. The van der Waals surface area contributed by atoms with Crippen LogP contribution in [0.15, 0.2) is 24.3 Å². The van der Waals surface area contributed by atoms with Gasteiger partial charge in [0, 0.05) is 6.54 Å². The van der Waals surface area contributed by atoms with Crippen molar-refractivity contribution in [2.24, 2.45) is 5.73 Å². The van der Waals surface area contributed by atoms with Crippen LogP contribution in [0.1, 0.15) is 5.56 Å². The molecule has 0 heterocycles. The van der Waals surface area contributed by atoms with Crippen molar-refractivity contribution in [2.45, 2.75) is 6.54 Å². The third-order valence-electron chi connectivity index (χ3n) is 1.56. The molecule has 0 spiro atoms. The standard InChI is InChI=1S/C7H11BNP/c9-5-6-3-1-2-4-7(6)8-10/h1-4,8H,5,9-10H2. The number of hydrogen-bond donors (Lipinski definition) is 1. The van der Waals surface area contributed by atoms with Gasteiger partial charge in [-0.25, -0.2) is 0 Å². The second-order valence-corrected chi connectivity index (χ2v) is 2.59. The summed E-state index contributed by atoms with van der Waals surface area (Å²) >= 11 is 0. The van der Waals surface area contributed by atoms with E-state index in [0.717, 1.165) is 7.00 Å². The van der Waals surface area contributed by atoms with Gasteiger partial charge in [0.15, 0.2) is 7.00 Å². The van der Waals surface area contributed by atoms with Crippen LogP contribution in [0.3, 0.4) is 0 Å². The molecule has 1 rings (SSSR count). The van der Waals surface area contributed by atoms with E-state index in [1.165, 1.54) is 11.0 Å². The molecule has 0 saturated heterocycles. The maximum absolute atomic E-state index is 5.52. The van der Waals surface area contributed by atoms with Crippen molar-refractivity contribution < 1.29 is 0 Å². The Kier molecular flexibility index (Phi) is 2.92. The Morgan fingerprint density at radius 2 is 2.10 bits per heavy atom. The Morgan fingerprint density at radius 1 is 1.40 bits per heavy atom. The van der Waals surface area contributed by atoms with E-state index < -0.39 is 0 Å². The summed E-state index contributed by atoms with van der Waals surface area (Å²) in [6.45, 7) is 1.64. The minimum atomic E-state index is 0.643. The van der Waals surface area contributed by atoms with Crippen LogP contribution in [-0.4, -0.2) is 7.00 Å². The zero-order valence-corrected chi connectivity index (χ0v) is 7.03. The van der Waals surface area contributed by atoms with Crippen LogP contribution in [0.2, 0.25) is 0 Å². The largest absolute Gasteiger partial charge is 0.327 e. The predicted molar refractivity (Wildman–Crippen MR) is 50.8 cm³/mol. The van der Waals surface area contributed by atoms with E-state index in [1.54, 1.807) is 0 Å². The van der Waals surface area contributed by atoms with Gasteiger partial charge >= 0.3 is 0 Å². The second-order valence-electron chi connectivity index (χ2n) is 2.18.